The van der Waals surface area contributed by atoms with E-state index in [0.29, 0.717) is 30.2 Å². The van der Waals surface area contributed by atoms with Gasteiger partial charge in [0.1, 0.15) is 0 Å². The predicted octanol–water partition coefficient (Wildman–Crippen LogP) is 1.96. The van der Waals surface area contributed by atoms with E-state index in [1.54, 1.807) is 0 Å². The Bertz CT molecular complexity index is 370. The Morgan fingerprint density at radius 3 is 3.12 bits per heavy atom. The fourth-order valence-corrected chi connectivity index (χ4v) is 2.63. The number of nitrogens with two attached hydrogens (primary N) is 1. The summed E-state index contributed by atoms with van der Waals surface area (Å²) in [5.74, 6) is 1.70. The van der Waals surface area contributed by atoms with Gasteiger partial charge in [0.2, 0.25) is 0 Å². The van der Waals surface area contributed by atoms with Gasteiger partial charge in [0, 0.05) is 19.1 Å². The molecule has 0 aliphatic carbocycles. The number of aromatic nitrogens is 1. The summed E-state index contributed by atoms with van der Waals surface area (Å²) in [6.07, 6.45) is 1.43. The average Bonchev–Trinajstić information content (AvgIpc) is 2.86. The van der Waals surface area contributed by atoms with Crippen molar-refractivity contribution >= 4 is 22.4 Å². The zero-order valence-electron chi connectivity index (χ0n) is 10.2. The first kappa shape index (κ1) is 12.4. The summed E-state index contributed by atoms with van der Waals surface area (Å²) >= 11 is 1.35. The molecule has 3 N–H and O–H groups in total. The predicted molar refractivity (Wildman–Crippen MR) is 69.7 cm³/mol. The highest BCUT2D eigenvalue weighted by Crippen LogP contribution is 2.35. The minimum absolute atomic E-state index is 0.323. The lowest BCUT2D eigenvalue weighted by atomic mass is 10.0. The van der Waals surface area contributed by atoms with Crippen molar-refractivity contribution in [2.75, 3.05) is 30.8 Å². The van der Waals surface area contributed by atoms with E-state index >= 15 is 0 Å². The molecule has 2 heterocycles. The Morgan fingerprint density at radius 1 is 1.65 bits per heavy atom. The Kier molecular flexibility index (Phi) is 4.06. The van der Waals surface area contributed by atoms with Crippen molar-refractivity contribution in [1.82, 2.24) is 4.37 Å². The second-order valence-corrected chi connectivity index (χ2v) is 4.94. The SMILES string of the molecule is CCOc1c(N)nsc1NCC1CCOC1C. The molecule has 1 aliphatic heterocycles. The molecule has 1 aromatic heterocycles. The number of hydrogen-bond donors (Lipinski definition) is 2. The smallest absolute Gasteiger partial charge is 0.197 e. The lowest BCUT2D eigenvalue weighted by Gasteiger charge is -2.15. The molecule has 0 spiro atoms. The van der Waals surface area contributed by atoms with Gasteiger partial charge in [0.25, 0.3) is 0 Å². The van der Waals surface area contributed by atoms with Crippen LogP contribution in [0.15, 0.2) is 0 Å². The van der Waals surface area contributed by atoms with Crippen LogP contribution >= 0.6 is 11.5 Å². The van der Waals surface area contributed by atoms with Crippen LogP contribution in [0.1, 0.15) is 20.3 Å². The summed E-state index contributed by atoms with van der Waals surface area (Å²) < 4.78 is 15.1. The second-order valence-electron chi connectivity index (χ2n) is 4.16. The van der Waals surface area contributed by atoms with Gasteiger partial charge in [-0.25, -0.2) is 0 Å². The third-order valence-electron chi connectivity index (χ3n) is 3.02. The maximum Gasteiger partial charge on any atom is 0.197 e. The summed E-state index contributed by atoms with van der Waals surface area (Å²) in [5.41, 5.74) is 5.75. The van der Waals surface area contributed by atoms with Crippen molar-refractivity contribution in [1.29, 1.82) is 0 Å². The van der Waals surface area contributed by atoms with Crippen molar-refractivity contribution in [3.63, 3.8) is 0 Å². The van der Waals surface area contributed by atoms with Gasteiger partial charge in [-0.1, -0.05) is 0 Å². The van der Waals surface area contributed by atoms with Crippen LogP contribution < -0.4 is 15.8 Å². The highest BCUT2D eigenvalue weighted by Gasteiger charge is 2.24. The van der Waals surface area contributed by atoms with Crippen LogP contribution in [0, 0.1) is 5.92 Å². The molecule has 96 valence electrons. The van der Waals surface area contributed by atoms with Crippen molar-refractivity contribution < 1.29 is 9.47 Å². The second kappa shape index (κ2) is 5.55. The Morgan fingerprint density at radius 2 is 2.47 bits per heavy atom. The van der Waals surface area contributed by atoms with Crippen molar-refractivity contribution in [2.24, 2.45) is 5.92 Å². The standard InChI is InChI=1S/C11H19N3O2S/c1-3-15-9-10(12)14-17-11(9)13-6-8-4-5-16-7(8)2/h7-8,13H,3-6H2,1-2H3,(H2,12,14). The van der Waals surface area contributed by atoms with E-state index < -0.39 is 0 Å². The van der Waals surface area contributed by atoms with Gasteiger partial charge in [-0.2, -0.15) is 4.37 Å². The van der Waals surface area contributed by atoms with E-state index in [0.717, 1.165) is 24.6 Å². The van der Waals surface area contributed by atoms with Crippen LogP contribution in [0.25, 0.3) is 0 Å². The summed E-state index contributed by atoms with van der Waals surface area (Å²) in [6, 6.07) is 0. The molecule has 2 rings (SSSR count). The van der Waals surface area contributed by atoms with E-state index in [9.17, 15) is 0 Å². The van der Waals surface area contributed by atoms with Crippen LogP contribution in [0.5, 0.6) is 5.75 Å². The lowest BCUT2D eigenvalue weighted by molar-refractivity contribution is 0.108. The molecule has 1 aromatic rings. The summed E-state index contributed by atoms with van der Waals surface area (Å²) in [4.78, 5) is 0. The minimum atomic E-state index is 0.323. The number of ether oxygens (including phenoxy) is 2. The molecular formula is C11H19N3O2S. The minimum Gasteiger partial charge on any atom is -0.487 e. The number of rotatable bonds is 5. The van der Waals surface area contributed by atoms with Gasteiger partial charge in [0.15, 0.2) is 16.6 Å². The molecule has 6 heteroatoms. The van der Waals surface area contributed by atoms with E-state index in [2.05, 4.69) is 16.6 Å². The molecule has 0 bridgehead atoms. The highest BCUT2D eigenvalue weighted by atomic mass is 32.1. The highest BCUT2D eigenvalue weighted by molar-refractivity contribution is 7.11. The van der Waals surface area contributed by atoms with Gasteiger partial charge < -0.3 is 20.5 Å². The molecule has 1 aliphatic rings. The van der Waals surface area contributed by atoms with Gasteiger partial charge >= 0.3 is 0 Å². The summed E-state index contributed by atoms with van der Waals surface area (Å²) in [5, 5.41) is 4.28. The first-order chi connectivity index (χ1) is 8.22. The van der Waals surface area contributed by atoms with Crippen molar-refractivity contribution in [3.05, 3.63) is 0 Å². The third kappa shape index (κ3) is 2.81. The van der Waals surface area contributed by atoms with E-state index in [-0.39, 0.29) is 0 Å². The quantitative estimate of drug-likeness (QED) is 0.844. The molecule has 17 heavy (non-hydrogen) atoms. The van der Waals surface area contributed by atoms with Gasteiger partial charge in [-0.3, -0.25) is 0 Å². The molecule has 0 aromatic carbocycles. The molecule has 0 amide bonds. The topological polar surface area (TPSA) is 69.4 Å². The maximum absolute atomic E-state index is 5.75. The molecule has 0 saturated carbocycles. The first-order valence-electron chi connectivity index (χ1n) is 5.95. The van der Waals surface area contributed by atoms with Gasteiger partial charge in [-0.15, -0.1) is 0 Å². The maximum atomic E-state index is 5.75. The van der Waals surface area contributed by atoms with E-state index in [1.165, 1.54) is 11.5 Å². The number of hydrogen-bond acceptors (Lipinski definition) is 6. The summed E-state index contributed by atoms with van der Waals surface area (Å²) in [6.45, 7) is 6.39. The van der Waals surface area contributed by atoms with Crippen molar-refractivity contribution in [3.8, 4) is 5.75 Å². The molecule has 5 nitrogen and oxygen atoms in total. The van der Waals surface area contributed by atoms with Crippen LogP contribution in [-0.2, 0) is 4.74 Å². The molecule has 0 radical (unpaired) electrons. The zero-order chi connectivity index (χ0) is 12.3. The third-order valence-corrected chi connectivity index (χ3v) is 3.82. The fourth-order valence-electron chi connectivity index (χ4n) is 1.96. The van der Waals surface area contributed by atoms with Crippen molar-refractivity contribution in [2.45, 2.75) is 26.4 Å². The van der Waals surface area contributed by atoms with Crippen LogP contribution in [0.4, 0.5) is 10.8 Å². The average molecular weight is 257 g/mol. The van der Waals surface area contributed by atoms with Crippen LogP contribution in [0.3, 0.4) is 0 Å². The molecule has 2 atom stereocenters. The van der Waals surface area contributed by atoms with Crippen LogP contribution in [-0.4, -0.2) is 30.2 Å². The molecule has 1 fully saturated rings. The molecule has 1 saturated heterocycles. The summed E-state index contributed by atoms with van der Waals surface area (Å²) in [7, 11) is 0. The fraction of sp³-hybridized carbons (Fsp3) is 0.727. The Hall–Kier alpha value is -1.01. The van der Waals surface area contributed by atoms with Gasteiger partial charge in [0.05, 0.1) is 12.7 Å². The Balaban J connectivity index is 1.94. The Labute approximate surface area is 105 Å². The number of nitrogen functional groups attached to an aromatic ring is 1. The molecular weight excluding hydrogens is 238 g/mol. The number of anilines is 2. The largest absolute Gasteiger partial charge is 0.487 e. The zero-order valence-corrected chi connectivity index (χ0v) is 11.0. The van der Waals surface area contributed by atoms with E-state index in [1.807, 2.05) is 6.92 Å². The normalized spacial score (nSPS) is 23.9. The lowest BCUT2D eigenvalue weighted by Crippen LogP contribution is -2.20. The first-order valence-corrected chi connectivity index (χ1v) is 6.73. The molecule has 2 unspecified atom stereocenters. The van der Waals surface area contributed by atoms with Gasteiger partial charge in [-0.05, 0) is 31.8 Å². The number of nitrogens with one attached hydrogen (secondary N) is 1. The van der Waals surface area contributed by atoms with Crippen LogP contribution in [0.2, 0.25) is 0 Å². The monoisotopic (exact) mass is 257 g/mol. The van der Waals surface area contributed by atoms with E-state index in [4.69, 9.17) is 15.2 Å². The number of nitrogens with zero attached hydrogens (tertiary/aromatic N) is 1.